The van der Waals surface area contributed by atoms with Crippen molar-refractivity contribution in [2.24, 2.45) is 0 Å². The molecule has 0 saturated heterocycles. The van der Waals surface area contributed by atoms with Crippen molar-refractivity contribution in [3.8, 4) is 5.75 Å². The topological polar surface area (TPSA) is 35.5 Å². The summed E-state index contributed by atoms with van der Waals surface area (Å²) in [7, 11) is 0. The molecule has 0 aromatic heterocycles. The summed E-state index contributed by atoms with van der Waals surface area (Å²) in [5, 5.41) is 0.489. The van der Waals surface area contributed by atoms with Crippen molar-refractivity contribution in [2.75, 3.05) is 6.61 Å². The molecule has 0 saturated carbocycles. The molecule has 0 aliphatic rings. The molecule has 0 amide bonds. The van der Waals surface area contributed by atoms with Crippen molar-refractivity contribution in [3.05, 3.63) is 28.8 Å². The van der Waals surface area contributed by atoms with Crippen molar-refractivity contribution >= 4 is 21.9 Å². The van der Waals surface area contributed by atoms with Gasteiger partial charge in [-0.25, -0.2) is 0 Å². The third-order valence-electron chi connectivity index (χ3n) is 2.54. The van der Waals surface area contributed by atoms with Crippen LogP contribution in [0, 0.1) is 6.92 Å². The summed E-state index contributed by atoms with van der Waals surface area (Å²) in [5.41, 5.74) is 1.92. The smallest absolute Gasteiger partial charge is 0.387 e. The van der Waals surface area contributed by atoms with Gasteiger partial charge in [0.05, 0.1) is 13.0 Å². The van der Waals surface area contributed by atoms with Crippen molar-refractivity contribution in [3.63, 3.8) is 0 Å². The number of hydrogen-bond donors (Lipinski definition) is 0. The predicted molar refractivity (Wildman–Crippen MR) is 70.8 cm³/mol. The first-order chi connectivity index (χ1) is 8.97. The van der Waals surface area contributed by atoms with Gasteiger partial charge < -0.3 is 9.47 Å². The van der Waals surface area contributed by atoms with E-state index in [1.807, 2.05) is 0 Å². The van der Waals surface area contributed by atoms with Crippen LogP contribution in [-0.4, -0.2) is 19.2 Å². The highest BCUT2D eigenvalue weighted by molar-refractivity contribution is 9.08. The molecule has 1 aromatic carbocycles. The Hall–Kier alpha value is -1.17. The van der Waals surface area contributed by atoms with Crippen LogP contribution in [-0.2, 0) is 21.3 Å². The zero-order valence-electron chi connectivity index (χ0n) is 10.7. The van der Waals surface area contributed by atoms with E-state index in [2.05, 4.69) is 20.7 Å². The first-order valence-corrected chi connectivity index (χ1v) is 6.88. The lowest BCUT2D eigenvalue weighted by Gasteiger charge is -2.14. The Bertz CT molecular complexity index is 450. The van der Waals surface area contributed by atoms with Crippen LogP contribution in [0.3, 0.4) is 0 Å². The minimum absolute atomic E-state index is 0.0418. The molecule has 1 aromatic rings. The molecule has 0 atom stereocenters. The normalized spacial score (nSPS) is 10.6. The average molecular weight is 337 g/mol. The van der Waals surface area contributed by atoms with E-state index in [-0.39, 0.29) is 24.7 Å². The molecule has 0 aliphatic heterocycles. The second-order valence-corrected chi connectivity index (χ2v) is 4.43. The van der Waals surface area contributed by atoms with Crippen LogP contribution >= 0.6 is 15.9 Å². The Morgan fingerprint density at radius 3 is 2.63 bits per heavy atom. The first-order valence-electron chi connectivity index (χ1n) is 5.76. The van der Waals surface area contributed by atoms with E-state index < -0.39 is 6.61 Å². The third-order valence-corrected chi connectivity index (χ3v) is 3.19. The molecule has 3 nitrogen and oxygen atoms in total. The number of halogens is 3. The number of rotatable bonds is 6. The van der Waals surface area contributed by atoms with Crippen LogP contribution < -0.4 is 4.74 Å². The number of hydrogen-bond acceptors (Lipinski definition) is 3. The van der Waals surface area contributed by atoms with Gasteiger partial charge in [0.15, 0.2) is 0 Å². The zero-order chi connectivity index (χ0) is 14.4. The number of benzene rings is 1. The van der Waals surface area contributed by atoms with Gasteiger partial charge in [-0.3, -0.25) is 4.79 Å². The van der Waals surface area contributed by atoms with Crippen LogP contribution in [0.15, 0.2) is 12.1 Å². The highest BCUT2D eigenvalue weighted by atomic mass is 79.9. The molecular formula is C13H15BrF2O3. The monoisotopic (exact) mass is 336 g/mol. The van der Waals surface area contributed by atoms with Gasteiger partial charge in [-0.15, -0.1) is 0 Å². The Kier molecular flexibility index (Phi) is 6.21. The number of esters is 1. The maximum Gasteiger partial charge on any atom is 0.387 e. The standard InChI is InChI=1S/C13H15BrF2O3/c1-3-18-12(17)6-10-4-9(7-14)5-11(8(10)2)19-13(15)16/h4-5,13H,3,6-7H2,1-2H3. The van der Waals surface area contributed by atoms with Crippen LogP contribution in [0.1, 0.15) is 23.6 Å². The van der Waals surface area contributed by atoms with Gasteiger partial charge in [0.25, 0.3) is 0 Å². The molecule has 0 bridgehead atoms. The summed E-state index contributed by atoms with van der Waals surface area (Å²) in [4.78, 5) is 11.5. The predicted octanol–water partition coefficient (Wildman–Crippen LogP) is 3.60. The van der Waals surface area contributed by atoms with Crippen LogP contribution in [0.25, 0.3) is 0 Å². The lowest BCUT2D eigenvalue weighted by atomic mass is 10.0. The molecular weight excluding hydrogens is 322 g/mol. The van der Waals surface area contributed by atoms with Gasteiger partial charge in [-0.1, -0.05) is 22.0 Å². The molecule has 19 heavy (non-hydrogen) atoms. The summed E-state index contributed by atoms with van der Waals surface area (Å²) in [6.07, 6.45) is 0.0418. The fourth-order valence-electron chi connectivity index (χ4n) is 1.66. The lowest BCUT2D eigenvalue weighted by Crippen LogP contribution is -2.11. The second kappa shape index (κ2) is 7.43. The van der Waals surface area contributed by atoms with Crippen LogP contribution in [0.5, 0.6) is 5.75 Å². The highest BCUT2D eigenvalue weighted by Gasteiger charge is 2.15. The Labute approximate surface area is 119 Å². The van der Waals surface area contributed by atoms with E-state index in [4.69, 9.17) is 4.74 Å². The van der Waals surface area contributed by atoms with Crippen molar-refractivity contribution in [1.82, 2.24) is 0 Å². The summed E-state index contributed by atoms with van der Waals surface area (Å²) >= 11 is 3.25. The van der Waals surface area contributed by atoms with Gasteiger partial charge >= 0.3 is 12.6 Å². The largest absolute Gasteiger partial charge is 0.466 e. The quantitative estimate of drug-likeness (QED) is 0.588. The fraction of sp³-hybridized carbons (Fsp3) is 0.462. The number of carbonyl (C=O) groups excluding carboxylic acids is 1. The van der Waals surface area contributed by atoms with Gasteiger partial charge in [-0.2, -0.15) is 8.78 Å². The van der Waals surface area contributed by atoms with Crippen molar-refractivity contribution in [1.29, 1.82) is 0 Å². The van der Waals surface area contributed by atoms with E-state index in [0.29, 0.717) is 16.5 Å². The molecule has 0 radical (unpaired) electrons. The van der Waals surface area contributed by atoms with Gasteiger partial charge in [0.1, 0.15) is 5.75 Å². The number of alkyl halides is 3. The molecule has 0 N–H and O–H groups in total. The molecule has 0 heterocycles. The number of ether oxygens (including phenoxy) is 2. The lowest BCUT2D eigenvalue weighted by molar-refractivity contribution is -0.142. The Morgan fingerprint density at radius 2 is 2.11 bits per heavy atom. The van der Waals surface area contributed by atoms with E-state index in [1.54, 1.807) is 19.9 Å². The molecule has 1 rings (SSSR count). The Balaban J connectivity index is 3.04. The fourth-order valence-corrected chi connectivity index (χ4v) is 1.98. The van der Waals surface area contributed by atoms with Gasteiger partial charge in [0, 0.05) is 5.33 Å². The van der Waals surface area contributed by atoms with Crippen LogP contribution in [0.4, 0.5) is 8.78 Å². The molecule has 0 fully saturated rings. The third kappa shape index (κ3) is 4.78. The minimum Gasteiger partial charge on any atom is -0.466 e. The first kappa shape index (κ1) is 15.9. The summed E-state index contributed by atoms with van der Waals surface area (Å²) in [6, 6.07) is 3.31. The van der Waals surface area contributed by atoms with Gasteiger partial charge in [-0.05, 0) is 36.6 Å². The maximum absolute atomic E-state index is 12.3. The Morgan fingerprint density at radius 1 is 1.42 bits per heavy atom. The van der Waals surface area contributed by atoms with Crippen molar-refractivity contribution < 1.29 is 23.0 Å². The maximum atomic E-state index is 12.3. The van der Waals surface area contributed by atoms with E-state index in [0.717, 1.165) is 5.56 Å². The minimum atomic E-state index is -2.89. The second-order valence-electron chi connectivity index (χ2n) is 3.87. The van der Waals surface area contributed by atoms with Crippen LogP contribution in [0.2, 0.25) is 0 Å². The summed E-state index contributed by atoms with van der Waals surface area (Å²) in [6.45, 7) is 0.755. The molecule has 0 unspecified atom stereocenters. The summed E-state index contributed by atoms with van der Waals surface area (Å²) < 4.78 is 34.0. The van der Waals surface area contributed by atoms with E-state index in [9.17, 15) is 13.6 Å². The molecule has 0 aliphatic carbocycles. The average Bonchev–Trinajstić information content (AvgIpc) is 2.33. The van der Waals surface area contributed by atoms with Crippen molar-refractivity contribution in [2.45, 2.75) is 32.2 Å². The molecule has 106 valence electrons. The number of carbonyl (C=O) groups is 1. The summed E-state index contributed by atoms with van der Waals surface area (Å²) in [5.74, 6) is -0.299. The molecule has 6 heteroatoms. The van der Waals surface area contributed by atoms with Gasteiger partial charge in [0.2, 0.25) is 0 Å². The van der Waals surface area contributed by atoms with E-state index >= 15 is 0 Å². The highest BCUT2D eigenvalue weighted by Crippen LogP contribution is 2.27. The zero-order valence-corrected chi connectivity index (χ0v) is 12.3. The van der Waals surface area contributed by atoms with E-state index in [1.165, 1.54) is 6.07 Å². The SMILES string of the molecule is CCOC(=O)Cc1cc(CBr)cc(OC(F)F)c1C. The molecule has 0 spiro atoms.